The maximum Gasteiger partial charge on any atom is 0.248 e. The fourth-order valence-corrected chi connectivity index (χ4v) is 2.44. The van der Waals surface area contributed by atoms with E-state index >= 15 is 0 Å². The first kappa shape index (κ1) is 13.5. The van der Waals surface area contributed by atoms with Crippen molar-refractivity contribution in [3.05, 3.63) is 34.9 Å². The average Bonchev–Trinajstić information content (AvgIpc) is 2.32. The minimum absolute atomic E-state index is 0.0628. The van der Waals surface area contributed by atoms with Crippen LogP contribution in [-0.2, 0) is 11.2 Å². The Bertz CT molecular complexity index is 418. The molecular weight excluding hydrogens is 258 g/mol. The third kappa shape index (κ3) is 3.52. The predicted octanol–water partition coefficient (Wildman–Crippen LogP) is 4.28. The van der Waals surface area contributed by atoms with Crippen LogP contribution in [0.4, 0.5) is 8.78 Å². The largest absolute Gasteiger partial charge is 0.299 e. The number of halogens is 3. The summed E-state index contributed by atoms with van der Waals surface area (Å²) in [6.07, 6.45) is 0.598. The molecule has 0 heterocycles. The van der Waals surface area contributed by atoms with Crippen molar-refractivity contribution in [1.29, 1.82) is 0 Å². The summed E-state index contributed by atoms with van der Waals surface area (Å²) in [5.41, 5.74) is 0.890. The second kappa shape index (κ2) is 5.35. The molecule has 0 spiro atoms. The third-order valence-electron chi connectivity index (χ3n) is 3.46. The lowest BCUT2D eigenvalue weighted by atomic mass is 9.82. The minimum atomic E-state index is -2.57. The van der Waals surface area contributed by atoms with Crippen LogP contribution in [0.2, 0.25) is 5.02 Å². The van der Waals surface area contributed by atoms with Gasteiger partial charge in [-0.05, 0) is 30.5 Å². The molecule has 0 amide bonds. The van der Waals surface area contributed by atoms with E-state index < -0.39 is 5.92 Å². The number of benzene rings is 1. The molecule has 1 nitrogen and oxygen atoms in total. The summed E-state index contributed by atoms with van der Waals surface area (Å²) in [6.45, 7) is 0. The maximum absolute atomic E-state index is 13.0. The monoisotopic (exact) mass is 272 g/mol. The van der Waals surface area contributed by atoms with Crippen LogP contribution in [0.15, 0.2) is 24.3 Å². The van der Waals surface area contributed by atoms with E-state index in [2.05, 4.69) is 0 Å². The molecule has 0 radical (unpaired) electrons. The van der Waals surface area contributed by atoms with Crippen molar-refractivity contribution in [2.45, 2.75) is 38.0 Å². The van der Waals surface area contributed by atoms with Gasteiger partial charge >= 0.3 is 0 Å². The van der Waals surface area contributed by atoms with E-state index in [0.717, 1.165) is 5.56 Å². The van der Waals surface area contributed by atoms with Crippen LogP contribution in [0.3, 0.4) is 0 Å². The van der Waals surface area contributed by atoms with Gasteiger partial charge in [0.05, 0.1) is 0 Å². The number of alkyl halides is 2. The molecule has 98 valence electrons. The highest BCUT2D eigenvalue weighted by molar-refractivity contribution is 6.30. The van der Waals surface area contributed by atoms with Gasteiger partial charge in [0.15, 0.2) is 0 Å². The van der Waals surface area contributed by atoms with Crippen LogP contribution in [0, 0.1) is 5.92 Å². The van der Waals surface area contributed by atoms with E-state index in [1.54, 1.807) is 24.3 Å². The van der Waals surface area contributed by atoms with Gasteiger partial charge in [-0.3, -0.25) is 4.79 Å². The molecule has 0 bridgehead atoms. The third-order valence-corrected chi connectivity index (χ3v) is 3.72. The maximum atomic E-state index is 13.0. The summed E-state index contributed by atoms with van der Waals surface area (Å²) >= 11 is 5.76. The van der Waals surface area contributed by atoms with Crippen molar-refractivity contribution in [3.63, 3.8) is 0 Å². The summed E-state index contributed by atoms with van der Waals surface area (Å²) in [5.74, 6) is -2.72. The topological polar surface area (TPSA) is 17.1 Å². The molecular formula is C14H15ClF2O. The van der Waals surface area contributed by atoms with Crippen molar-refractivity contribution in [2.75, 3.05) is 0 Å². The Morgan fingerprint density at radius 1 is 1.22 bits per heavy atom. The zero-order valence-corrected chi connectivity index (χ0v) is 10.7. The summed E-state index contributed by atoms with van der Waals surface area (Å²) in [4.78, 5) is 12.0. The quantitative estimate of drug-likeness (QED) is 0.803. The molecule has 0 unspecified atom stereocenters. The number of hydrogen-bond acceptors (Lipinski definition) is 1. The molecule has 1 saturated carbocycles. The predicted molar refractivity (Wildman–Crippen MR) is 67.1 cm³/mol. The normalized spacial score (nSPS) is 19.7. The number of hydrogen-bond donors (Lipinski definition) is 0. The van der Waals surface area contributed by atoms with Crippen LogP contribution < -0.4 is 0 Å². The van der Waals surface area contributed by atoms with Gasteiger partial charge in [-0.15, -0.1) is 0 Å². The lowest BCUT2D eigenvalue weighted by molar-refractivity contribution is -0.126. The number of ketones is 1. The van der Waals surface area contributed by atoms with E-state index in [1.807, 2.05) is 0 Å². The summed E-state index contributed by atoms with van der Waals surface area (Å²) in [5, 5.41) is 0.628. The first-order chi connectivity index (χ1) is 8.46. The summed E-state index contributed by atoms with van der Waals surface area (Å²) in [7, 11) is 0. The molecule has 1 aliphatic carbocycles. The van der Waals surface area contributed by atoms with Gasteiger partial charge in [-0.1, -0.05) is 23.7 Å². The Morgan fingerprint density at radius 3 is 2.33 bits per heavy atom. The van der Waals surface area contributed by atoms with Crippen LogP contribution in [-0.4, -0.2) is 11.7 Å². The zero-order valence-electron chi connectivity index (χ0n) is 9.96. The van der Waals surface area contributed by atoms with Gasteiger partial charge < -0.3 is 0 Å². The Morgan fingerprint density at radius 2 is 1.78 bits per heavy atom. The minimum Gasteiger partial charge on any atom is -0.299 e. The van der Waals surface area contributed by atoms with Crippen molar-refractivity contribution in [1.82, 2.24) is 0 Å². The number of carbonyl (C=O) groups is 1. The zero-order chi connectivity index (χ0) is 13.2. The van der Waals surface area contributed by atoms with E-state index in [0.29, 0.717) is 24.3 Å². The molecule has 0 atom stereocenters. The van der Waals surface area contributed by atoms with Crippen LogP contribution in [0.1, 0.15) is 31.2 Å². The number of Topliss-reactive ketones (excluding diaryl/α,β-unsaturated/α-hetero) is 1. The van der Waals surface area contributed by atoms with Gasteiger partial charge in [0.25, 0.3) is 0 Å². The van der Waals surface area contributed by atoms with Gasteiger partial charge in [-0.2, -0.15) is 0 Å². The highest BCUT2D eigenvalue weighted by Crippen LogP contribution is 2.36. The molecule has 2 rings (SSSR count). The molecule has 0 aliphatic heterocycles. The number of rotatable bonds is 3. The molecule has 1 aromatic carbocycles. The molecule has 0 aromatic heterocycles. The molecule has 1 fully saturated rings. The van der Waals surface area contributed by atoms with Crippen molar-refractivity contribution < 1.29 is 13.6 Å². The second-order valence-corrected chi connectivity index (χ2v) is 5.34. The smallest absolute Gasteiger partial charge is 0.248 e. The number of carbonyl (C=O) groups excluding carboxylic acids is 1. The highest BCUT2D eigenvalue weighted by Gasteiger charge is 2.37. The van der Waals surface area contributed by atoms with Gasteiger partial charge in [0, 0.05) is 30.2 Å². The summed E-state index contributed by atoms with van der Waals surface area (Å²) < 4.78 is 26.0. The molecule has 1 aliphatic rings. The van der Waals surface area contributed by atoms with Gasteiger partial charge in [0.2, 0.25) is 5.92 Å². The van der Waals surface area contributed by atoms with Crippen LogP contribution in [0.5, 0.6) is 0 Å². The highest BCUT2D eigenvalue weighted by atomic mass is 35.5. The molecule has 1 aromatic rings. The van der Waals surface area contributed by atoms with E-state index in [1.165, 1.54) is 0 Å². The Kier molecular flexibility index (Phi) is 4.00. The summed E-state index contributed by atoms with van der Waals surface area (Å²) in [6, 6.07) is 7.08. The van der Waals surface area contributed by atoms with E-state index in [4.69, 9.17) is 11.6 Å². The lowest BCUT2D eigenvalue weighted by Gasteiger charge is -2.27. The van der Waals surface area contributed by atoms with Gasteiger partial charge in [-0.25, -0.2) is 8.78 Å². The Hall–Kier alpha value is -0.960. The van der Waals surface area contributed by atoms with Crippen molar-refractivity contribution in [3.8, 4) is 0 Å². The van der Waals surface area contributed by atoms with Crippen LogP contribution >= 0.6 is 11.6 Å². The standard InChI is InChI=1S/C14H15ClF2O/c15-12-3-1-10(2-4-12)9-13(18)11-5-7-14(16,17)8-6-11/h1-4,11H,5-9H2. The fourth-order valence-electron chi connectivity index (χ4n) is 2.31. The van der Waals surface area contributed by atoms with Crippen molar-refractivity contribution >= 4 is 17.4 Å². The van der Waals surface area contributed by atoms with Crippen LogP contribution in [0.25, 0.3) is 0 Å². The fraction of sp³-hybridized carbons (Fsp3) is 0.500. The van der Waals surface area contributed by atoms with E-state index in [9.17, 15) is 13.6 Å². The SMILES string of the molecule is O=C(Cc1ccc(Cl)cc1)C1CCC(F)(F)CC1. The van der Waals surface area contributed by atoms with Crippen molar-refractivity contribution in [2.24, 2.45) is 5.92 Å². The average molecular weight is 273 g/mol. The first-order valence-corrected chi connectivity index (χ1v) is 6.49. The Balaban J connectivity index is 1.91. The molecule has 0 N–H and O–H groups in total. The molecule has 18 heavy (non-hydrogen) atoms. The van der Waals surface area contributed by atoms with Gasteiger partial charge in [0.1, 0.15) is 5.78 Å². The molecule has 0 saturated heterocycles. The lowest BCUT2D eigenvalue weighted by Crippen LogP contribution is -2.29. The Labute approximate surface area is 110 Å². The first-order valence-electron chi connectivity index (χ1n) is 6.11. The van der Waals surface area contributed by atoms with E-state index in [-0.39, 0.29) is 24.5 Å². The second-order valence-electron chi connectivity index (χ2n) is 4.90. The molecule has 4 heteroatoms.